The first-order chi connectivity index (χ1) is 5.88. The molecule has 0 saturated heterocycles. The second-order valence-corrected chi connectivity index (χ2v) is 3.50. The van der Waals surface area contributed by atoms with Crippen molar-refractivity contribution in [3.05, 3.63) is 30.1 Å². The Morgan fingerprint density at radius 2 is 1.92 bits per heavy atom. The third-order valence-electron chi connectivity index (χ3n) is 2.75. The average Bonchev–Trinajstić information content (AvgIpc) is 2.03. The van der Waals surface area contributed by atoms with Crippen molar-refractivity contribution < 1.29 is 0 Å². The van der Waals surface area contributed by atoms with Crippen LogP contribution in [0.15, 0.2) is 24.5 Å². The molecule has 2 N–H and O–H groups in total. The average molecular weight is 199 g/mol. The molecule has 2 rings (SSSR count). The highest BCUT2D eigenvalue weighted by atomic mass is 35.5. The molecule has 2 nitrogen and oxygen atoms in total. The van der Waals surface area contributed by atoms with Crippen molar-refractivity contribution in [2.24, 2.45) is 11.7 Å². The second-order valence-electron chi connectivity index (χ2n) is 3.50. The fourth-order valence-corrected chi connectivity index (χ4v) is 1.66. The molecule has 1 aliphatic rings. The number of nitrogens with zero attached hydrogens (tertiary/aromatic N) is 1. The number of nitrogens with two attached hydrogens (primary N) is 1. The zero-order valence-corrected chi connectivity index (χ0v) is 8.33. The second kappa shape index (κ2) is 4.58. The molecule has 0 spiro atoms. The first kappa shape index (κ1) is 10.5. The summed E-state index contributed by atoms with van der Waals surface area (Å²) >= 11 is 0. The molecular formula is C10H15ClN2. The van der Waals surface area contributed by atoms with Crippen LogP contribution in [0.5, 0.6) is 0 Å². The van der Waals surface area contributed by atoms with Crippen molar-refractivity contribution in [3.63, 3.8) is 0 Å². The van der Waals surface area contributed by atoms with Crippen LogP contribution in [0.25, 0.3) is 0 Å². The number of pyridine rings is 1. The van der Waals surface area contributed by atoms with E-state index in [4.69, 9.17) is 5.73 Å². The molecule has 1 aromatic heterocycles. The van der Waals surface area contributed by atoms with E-state index in [0.29, 0.717) is 5.92 Å². The Kier molecular flexibility index (Phi) is 3.70. The molecule has 3 heteroatoms. The van der Waals surface area contributed by atoms with Crippen molar-refractivity contribution in [1.29, 1.82) is 0 Å². The predicted molar refractivity (Wildman–Crippen MR) is 55.8 cm³/mol. The molecule has 1 aromatic rings. The fraction of sp³-hybridized carbons (Fsp3) is 0.500. The maximum absolute atomic E-state index is 6.07. The van der Waals surface area contributed by atoms with E-state index in [9.17, 15) is 0 Å². The summed E-state index contributed by atoms with van der Waals surface area (Å²) in [5, 5.41) is 0. The van der Waals surface area contributed by atoms with Gasteiger partial charge in [0.1, 0.15) is 0 Å². The highest BCUT2D eigenvalue weighted by Gasteiger charge is 2.25. The summed E-state index contributed by atoms with van der Waals surface area (Å²) < 4.78 is 0. The standard InChI is InChI=1S/C10H14N2.ClH/c11-10(8-2-1-3-8)9-4-6-12-7-5-9;/h4-8,10H,1-3,11H2;1H/t10-;/m0./s1. The summed E-state index contributed by atoms with van der Waals surface area (Å²) in [7, 11) is 0. The molecule has 1 saturated carbocycles. The van der Waals surface area contributed by atoms with Gasteiger partial charge in [0.05, 0.1) is 0 Å². The van der Waals surface area contributed by atoms with Gasteiger partial charge in [-0.3, -0.25) is 4.98 Å². The lowest BCUT2D eigenvalue weighted by molar-refractivity contribution is 0.264. The number of hydrogen-bond acceptors (Lipinski definition) is 2. The monoisotopic (exact) mass is 198 g/mol. The minimum Gasteiger partial charge on any atom is -0.324 e. The minimum atomic E-state index is 0. The number of halogens is 1. The fourth-order valence-electron chi connectivity index (χ4n) is 1.66. The highest BCUT2D eigenvalue weighted by Crippen LogP contribution is 2.35. The first-order valence-corrected chi connectivity index (χ1v) is 4.53. The topological polar surface area (TPSA) is 38.9 Å². The zero-order chi connectivity index (χ0) is 8.39. The highest BCUT2D eigenvalue weighted by molar-refractivity contribution is 5.85. The molecule has 0 radical (unpaired) electrons. The molecule has 0 bridgehead atoms. The van der Waals surface area contributed by atoms with Crippen molar-refractivity contribution in [2.45, 2.75) is 25.3 Å². The summed E-state index contributed by atoms with van der Waals surface area (Å²) in [5.74, 6) is 0.715. The lowest BCUT2D eigenvalue weighted by Crippen LogP contribution is -2.26. The Morgan fingerprint density at radius 3 is 2.38 bits per heavy atom. The van der Waals surface area contributed by atoms with Crippen molar-refractivity contribution >= 4 is 12.4 Å². The molecule has 0 unspecified atom stereocenters. The van der Waals surface area contributed by atoms with Crippen LogP contribution in [0.2, 0.25) is 0 Å². The molecule has 1 atom stereocenters. The van der Waals surface area contributed by atoms with E-state index < -0.39 is 0 Å². The van der Waals surface area contributed by atoms with E-state index in [1.165, 1.54) is 24.8 Å². The molecule has 0 amide bonds. The van der Waals surface area contributed by atoms with Gasteiger partial charge in [0, 0.05) is 18.4 Å². The summed E-state index contributed by atoms with van der Waals surface area (Å²) in [6.45, 7) is 0. The van der Waals surface area contributed by atoms with E-state index in [1.807, 2.05) is 24.5 Å². The summed E-state index contributed by atoms with van der Waals surface area (Å²) in [6.07, 6.45) is 7.57. The molecule has 0 aliphatic heterocycles. The Labute approximate surface area is 85.0 Å². The van der Waals surface area contributed by atoms with Gasteiger partial charge in [-0.05, 0) is 36.5 Å². The maximum atomic E-state index is 6.07. The Hall–Kier alpha value is -0.600. The molecule has 72 valence electrons. The Morgan fingerprint density at radius 1 is 1.31 bits per heavy atom. The van der Waals surface area contributed by atoms with Gasteiger partial charge < -0.3 is 5.73 Å². The predicted octanol–water partition coefficient (Wildman–Crippen LogP) is 2.30. The van der Waals surface area contributed by atoms with Gasteiger partial charge in [-0.2, -0.15) is 0 Å². The minimum absolute atomic E-state index is 0. The lowest BCUT2D eigenvalue weighted by atomic mass is 9.78. The van der Waals surface area contributed by atoms with Crippen LogP contribution in [0.4, 0.5) is 0 Å². The van der Waals surface area contributed by atoms with Gasteiger partial charge in [0.2, 0.25) is 0 Å². The summed E-state index contributed by atoms with van der Waals surface area (Å²) in [4.78, 5) is 3.98. The van der Waals surface area contributed by atoms with Crippen LogP contribution in [0.3, 0.4) is 0 Å². The van der Waals surface area contributed by atoms with Crippen LogP contribution in [0.1, 0.15) is 30.9 Å². The van der Waals surface area contributed by atoms with Gasteiger partial charge in [-0.25, -0.2) is 0 Å². The number of aromatic nitrogens is 1. The third-order valence-corrected chi connectivity index (χ3v) is 2.75. The lowest BCUT2D eigenvalue weighted by Gasteiger charge is -2.31. The van der Waals surface area contributed by atoms with E-state index in [-0.39, 0.29) is 18.4 Å². The largest absolute Gasteiger partial charge is 0.324 e. The summed E-state index contributed by atoms with van der Waals surface area (Å²) in [5.41, 5.74) is 7.30. The SMILES string of the molecule is Cl.N[C@H](c1ccncc1)C1CCC1. The van der Waals surface area contributed by atoms with E-state index in [2.05, 4.69) is 4.98 Å². The maximum Gasteiger partial charge on any atom is 0.0324 e. The Bertz CT molecular complexity index is 246. The van der Waals surface area contributed by atoms with Crippen molar-refractivity contribution in [3.8, 4) is 0 Å². The van der Waals surface area contributed by atoms with E-state index >= 15 is 0 Å². The van der Waals surface area contributed by atoms with Gasteiger partial charge in [-0.1, -0.05) is 6.42 Å². The van der Waals surface area contributed by atoms with E-state index in [1.54, 1.807) is 0 Å². The van der Waals surface area contributed by atoms with Crippen molar-refractivity contribution in [2.75, 3.05) is 0 Å². The van der Waals surface area contributed by atoms with Crippen LogP contribution in [-0.4, -0.2) is 4.98 Å². The summed E-state index contributed by atoms with van der Waals surface area (Å²) in [6, 6.07) is 4.27. The van der Waals surface area contributed by atoms with Gasteiger partial charge in [0.25, 0.3) is 0 Å². The molecule has 1 aliphatic carbocycles. The quantitative estimate of drug-likeness (QED) is 0.792. The number of rotatable bonds is 2. The van der Waals surface area contributed by atoms with E-state index in [0.717, 1.165) is 0 Å². The Balaban J connectivity index is 0.000000845. The molecule has 0 aromatic carbocycles. The molecule has 13 heavy (non-hydrogen) atoms. The van der Waals surface area contributed by atoms with Gasteiger partial charge in [-0.15, -0.1) is 12.4 Å². The first-order valence-electron chi connectivity index (χ1n) is 4.53. The number of hydrogen-bond donors (Lipinski definition) is 1. The molecule has 1 heterocycles. The normalized spacial score (nSPS) is 18.5. The smallest absolute Gasteiger partial charge is 0.0324 e. The van der Waals surface area contributed by atoms with Crippen LogP contribution in [0, 0.1) is 5.92 Å². The van der Waals surface area contributed by atoms with Crippen LogP contribution < -0.4 is 5.73 Å². The van der Waals surface area contributed by atoms with Crippen LogP contribution >= 0.6 is 12.4 Å². The molecule has 1 fully saturated rings. The molecular weight excluding hydrogens is 184 g/mol. The van der Waals surface area contributed by atoms with Crippen LogP contribution in [-0.2, 0) is 0 Å². The van der Waals surface area contributed by atoms with Crippen molar-refractivity contribution in [1.82, 2.24) is 4.98 Å². The third kappa shape index (κ3) is 2.20. The van der Waals surface area contributed by atoms with Gasteiger partial charge in [0.15, 0.2) is 0 Å². The van der Waals surface area contributed by atoms with Gasteiger partial charge >= 0.3 is 0 Å². The zero-order valence-electron chi connectivity index (χ0n) is 7.52.